The molecule has 196 valence electrons. The maximum absolute atomic E-state index is 12.8. The van der Waals surface area contributed by atoms with Crippen LogP contribution in [0.1, 0.15) is 77.7 Å². The van der Waals surface area contributed by atoms with E-state index < -0.39 is 41.4 Å². The van der Waals surface area contributed by atoms with E-state index in [0.29, 0.717) is 30.6 Å². The lowest BCUT2D eigenvalue weighted by atomic mass is 10.00. The highest BCUT2D eigenvalue weighted by molar-refractivity contribution is 7.12. The van der Waals surface area contributed by atoms with Crippen molar-refractivity contribution in [3.8, 4) is 5.75 Å². The van der Waals surface area contributed by atoms with Gasteiger partial charge in [-0.25, -0.2) is 9.59 Å². The molecule has 0 spiro atoms. The van der Waals surface area contributed by atoms with E-state index >= 15 is 0 Å². The number of ketones is 1. The molecule has 0 fully saturated rings. The minimum atomic E-state index is -4.16. The van der Waals surface area contributed by atoms with Gasteiger partial charge in [0.2, 0.25) is 0 Å². The lowest BCUT2D eigenvalue weighted by Gasteiger charge is -2.11. The van der Waals surface area contributed by atoms with Crippen molar-refractivity contribution in [1.82, 2.24) is 5.32 Å². The number of allylic oxidation sites excluding steroid dienone is 2. The van der Waals surface area contributed by atoms with Crippen LogP contribution in [-0.2, 0) is 6.42 Å². The van der Waals surface area contributed by atoms with Gasteiger partial charge in [-0.05, 0) is 62.8 Å². The Hall–Kier alpha value is -3.34. The molecule has 0 saturated heterocycles. The third-order valence-corrected chi connectivity index (χ3v) is 6.38. The van der Waals surface area contributed by atoms with Crippen LogP contribution in [0.3, 0.4) is 0 Å². The van der Waals surface area contributed by atoms with Crippen LogP contribution in [0, 0.1) is 0 Å². The van der Waals surface area contributed by atoms with Crippen molar-refractivity contribution in [2.24, 2.45) is 0 Å². The molecule has 0 bridgehead atoms. The van der Waals surface area contributed by atoms with Crippen molar-refractivity contribution in [3.63, 3.8) is 0 Å². The van der Waals surface area contributed by atoms with Crippen LogP contribution in [0.4, 0.5) is 18.0 Å². The summed E-state index contributed by atoms with van der Waals surface area (Å²) < 4.78 is 42.0. The topological polar surface area (TPSA) is 117 Å². The average Bonchev–Trinajstić information content (AvgIpc) is 3.22. The number of hydrogen-bond donors (Lipinski definition) is 3. The number of halogens is 3. The molecule has 36 heavy (non-hydrogen) atoms. The van der Waals surface area contributed by atoms with E-state index in [1.54, 1.807) is 31.2 Å². The first kappa shape index (κ1) is 28.9. The highest BCUT2D eigenvalue weighted by atomic mass is 32.1. The number of rotatable bonds is 12. The lowest BCUT2D eigenvalue weighted by molar-refractivity contribution is -0.135. The van der Waals surface area contributed by atoms with Gasteiger partial charge in [-0.2, -0.15) is 13.2 Å². The van der Waals surface area contributed by atoms with Gasteiger partial charge in [0.25, 0.3) is 0 Å². The Labute approximate surface area is 210 Å². The zero-order chi connectivity index (χ0) is 26.9. The summed E-state index contributed by atoms with van der Waals surface area (Å²) in [5, 5.41) is 21.0. The van der Waals surface area contributed by atoms with E-state index in [1.807, 2.05) is 0 Å². The van der Waals surface area contributed by atoms with Crippen molar-refractivity contribution in [3.05, 3.63) is 67.5 Å². The van der Waals surface area contributed by atoms with E-state index in [-0.39, 0.29) is 23.7 Å². The van der Waals surface area contributed by atoms with Crippen LogP contribution in [0.5, 0.6) is 5.75 Å². The summed E-state index contributed by atoms with van der Waals surface area (Å²) in [5.74, 6) is -1.27. The molecule has 1 amide bonds. The monoisotopic (exact) mass is 527 g/mol. The second-order valence-electron chi connectivity index (χ2n) is 8.31. The predicted octanol–water partition coefficient (Wildman–Crippen LogP) is 6.63. The second-order valence-corrected chi connectivity index (χ2v) is 9.51. The third kappa shape index (κ3) is 9.37. The molecule has 2 heterocycles. The van der Waals surface area contributed by atoms with E-state index in [0.717, 1.165) is 4.88 Å². The molecule has 11 heteroatoms. The zero-order valence-electron chi connectivity index (χ0n) is 19.9. The second kappa shape index (κ2) is 13.1. The van der Waals surface area contributed by atoms with Gasteiger partial charge in [0, 0.05) is 34.4 Å². The number of alkyl halides is 3. The minimum absolute atomic E-state index is 0.0480. The standard InChI is InChI=1S/C25H28F3NO6S/c1-15(7-4-6-12-29-24(33)34)20-14-19(30)21(23(32)35-20)22(31)16(2)13-18-10-9-17(36-18)8-3-5-11-25(26,27)28/h6,9-10,12-15,29-30H,3-5,7-8,11H2,1-2H3,(H,33,34)/b12-6+,16-13?. The Balaban J connectivity index is 2.04. The van der Waals surface area contributed by atoms with Gasteiger partial charge in [-0.1, -0.05) is 13.0 Å². The predicted molar refractivity (Wildman–Crippen MR) is 131 cm³/mol. The van der Waals surface area contributed by atoms with Gasteiger partial charge < -0.3 is 14.6 Å². The smallest absolute Gasteiger partial charge is 0.408 e. The van der Waals surface area contributed by atoms with E-state index in [9.17, 15) is 32.7 Å². The fourth-order valence-electron chi connectivity index (χ4n) is 3.36. The summed E-state index contributed by atoms with van der Waals surface area (Å²) in [4.78, 5) is 37.3. The van der Waals surface area contributed by atoms with Gasteiger partial charge in [0.15, 0.2) is 5.78 Å². The highest BCUT2D eigenvalue weighted by Gasteiger charge is 2.26. The molecule has 3 N–H and O–H groups in total. The van der Waals surface area contributed by atoms with Crippen LogP contribution < -0.4 is 10.9 Å². The normalized spacial score (nSPS) is 13.2. The van der Waals surface area contributed by atoms with E-state index in [1.165, 1.54) is 30.5 Å². The van der Waals surface area contributed by atoms with Gasteiger partial charge in [0.1, 0.15) is 17.1 Å². The summed E-state index contributed by atoms with van der Waals surface area (Å²) in [6.07, 6.45) is 0.218. The summed E-state index contributed by atoms with van der Waals surface area (Å²) in [5.41, 5.74) is -1.25. The zero-order valence-corrected chi connectivity index (χ0v) is 20.7. The van der Waals surface area contributed by atoms with Crippen molar-refractivity contribution in [1.29, 1.82) is 0 Å². The molecule has 2 rings (SSSR count). The number of unbranched alkanes of at least 4 members (excludes halogenated alkanes) is 1. The molecule has 1 unspecified atom stereocenters. The van der Waals surface area contributed by atoms with Gasteiger partial charge >= 0.3 is 17.9 Å². The van der Waals surface area contributed by atoms with E-state index in [4.69, 9.17) is 9.52 Å². The lowest BCUT2D eigenvalue weighted by Crippen LogP contribution is -2.16. The number of thiophene rings is 1. The summed E-state index contributed by atoms with van der Waals surface area (Å²) in [7, 11) is 0. The van der Waals surface area contributed by atoms with Crippen LogP contribution in [0.2, 0.25) is 0 Å². The number of amides is 1. The molecule has 7 nitrogen and oxygen atoms in total. The average molecular weight is 528 g/mol. The van der Waals surface area contributed by atoms with Crippen LogP contribution in [0.25, 0.3) is 6.08 Å². The third-order valence-electron chi connectivity index (χ3n) is 5.29. The summed E-state index contributed by atoms with van der Waals surface area (Å²) in [6, 6.07) is 4.76. The SMILES string of the molecule is CC(=Cc1ccc(CCCCC(F)(F)F)s1)C(=O)c1c(O)cc(C(C)CC/C=C/NC(=O)O)oc1=O. The molecular formula is C25H28F3NO6S. The molecular weight excluding hydrogens is 499 g/mol. The van der Waals surface area contributed by atoms with Crippen molar-refractivity contribution >= 4 is 29.3 Å². The van der Waals surface area contributed by atoms with E-state index in [2.05, 4.69) is 5.32 Å². The van der Waals surface area contributed by atoms with Gasteiger partial charge in [0.05, 0.1) is 0 Å². The minimum Gasteiger partial charge on any atom is -0.507 e. The van der Waals surface area contributed by atoms with Gasteiger partial charge in [-0.15, -0.1) is 11.3 Å². The largest absolute Gasteiger partial charge is 0.507 e. The fraction of sp³-hybridized carbons (Fsp3) is 0.400. The molecule has 0 aliphatic carbocycles. The number of nitrogens with one attached hydrogen (secondary N) is 1. The maximum Gasteiger partial charge on any atom is 0.408 e. The summed E-state index contributed by atoms with van der Waals surface area (Å²) in [6.45, 7) is 3.26. The highest BCUT2D eigenvalue weighted by Crippen LogP contribution is 2.28. The molecule has 0 radical (unpaired) electrons. The number of aryl methyl sites for hydroxylation is 1. The molecule has 0 aliphatic heterocycles. The fourth-order valence-corrected chi connectivity index (χ4v) is 4.42. The first-order valence-corrected chi connectivity index (χ1v) is 12.1. The molecule has 0 aromatic carbocycles. The summed E-state index contributed by atoms with van der Waals surface area (Å²) >= 11 is 1.34. The van der Waals surface area contributed by atoms with Crippen molar-refractivity contribution < 1.29 is 37.4 Å². The van der Waals surface area contributed by atoms with Crippen LogP contribution in [-0.4, -0.2) is 28.3 Å². The Morgan fingerprint density at radius 2 is 1.97 bits per heavy atom. The number of carbonyl (C=O) groups is 2. The van der Waals surface area contributed by atoms with Crippen LogP contribution >= 0.6 is 11.3 Å². The van der Waals surface area contributed by atoms with Crippen LogP contribution in [0.15, 0.2) is 45.3 Å². The maximum atomic E-state index is 12.8. The molecule has 1 atom stereocenters. The molecule has 0 aliphatic rings. The molecule has 0 saturated carbocycles. The first-order valence-electron chi connectivity index (χ1n) is 11.3. The number of hydrogen-bond acceptors (Lipinski definition) is 6. The Morgan fingerprint density at radius 1 is 1.25 bits per heavy atom. The molecule has 2 aromatic rings. The number of carboxylic acid groups (broad SMARTS) is 1. The number of Topliss-reactive ketones (excluding diaryl/α,β-unsaturated/α-hetero) is 1. The number of carbonyl (C=O) groups excluding carboxylic acids is 1. The quantitative estimate of drug-likeness (QED) is 0.162. The van der Waals surface area contributed by atoms with Gasteiger partial charge in [-0.3, -0.25) is 10.1 Å². The Bertz CT molecular complexity index is 1180. The molecule has 2 aromatic heterocycles. The Morgan fingerprint density at radius 3 is 2.61 bits per heavy atom. The van der Waals surface area contributed by atoms with Crippen molar-refractivity contribution in [2.75, 3.05) is 0 Å². The number of aromatic hydroxyl groups is 1. The first-order chi connectivity index (χ1) is 16.9. The Kier molecular flexibility index (Phi) is 10.5. The van der Waals surface area contributed by atoms with Crippen molar-refractivity contribution in [2.45, 2.75) is 64.5 Å².